The summed E-state index contributed by atoms with van der Waals surface area (Å²) in [5.74, 6) is 1.47. The van der Waals surface area contributed by atoms with Crippen molar-refractivity contribution in [1.29, 1.82) is 0 Å². The molecule has 1 heterocycles. The van der Waals surface area contributed by atoms with Gasteiger partial charge in [-0.1, -0.05) is 0 Å². The first-order chi connectivity index (χ1) is 8.78. The van der Waals surface area contributed by atoms with Crippen LogP contribution >= 0.6 is 0 Å². The largest absolute Gasteiger partial charge is 0.497 e. The summed E-state index contributed by atoms with van der Waals surface area (Å²) >= 11 is 0. The quantitative estimate of drug-likeness (QED) is 0.697. The smallest absolute Gasteiger partial charge is 0.119 e. The van der Waals surface area contributed by atoms with Crippen LogP contribution in [0.25, 0.3) is 0 Å². The Balaban J connectivity index is 1.62. The van der Waals surface area contributed by atoms with E-state index < -0.39 is 6.10 Å². The van der Waals surface area contributed by atoms with Crippen LogP contribution in [-0.4, -0.2) is 50.9 Å². The molecular formula is C13H18O5. The summed E-state index contributed by atoms with van der Waals surface area (Å²) in [6, 6.07) is 7.21. The van der Waals surface area contributed by atoms with Gasteiger partial charge in [-0.2, -0.15) is 0 Å². The number of hydrogen-bond acceptors (Lipinski definition) is 5. The van der Waals surface area contributed by atoms with E-state index in [-0.39, 0.29) is 19.3 Å². The maximum Gasteiger partial charge on any atom is 0.119 e. The Labute approximate surface area is 106 Å². The lowest BCUT2D eigenvalue weighted by Gasteiger charge is -2.12. The topological polar surface area (TPSA) is 60.5 Å². The first-order valence-corrected chi connectivity index (χ1v) is 5.92. The Morgan fingerprint density at radius 3 is 2.56 bits per heavy atom. The van der Waals surface area contributed by atoms with Crippen molar-refractivity contribution in [3.05, 3.63) is 24.3 Å². The molecule has 1 saturated heterocycles. The highest BCUT2D eigenvalue weighted by atomic mass is 16.6. The SMILES string of the molecule is COc1ccc(OCC(O)COCC2CO2)cc1. The number of aliphatic hydroxyl groups excluding tert-OH is 1. The maximum atomic E-state index is 9.63. The molecule has 1 N–H and O–H groups in total. The molecule has 18 heavy (non-hydrogen) atoms. The van der Waals surface area contributed by atoms with Gasteiger partial charge >= 0.3 is 0 Å². The van der Waals surface area contributed by atoms with Crippen LogP contribution in [0.5, 0.6) is 11.5 Å². The van der Waals surface area contributed by atoms with Gasteiger partial charge in [0.1, 0.15) is 30.3 Å². The molecule has 2 rings (SSSR count). The van der Waals surface area contributed by atoms with Crippen molar-refractivity contribution < 1.29 is 24.1 Å². The molecule has 1 aliphatic rings. The van der Waals surface area contributed by atoms with Crippen LogP contribution < -0.4 is 9.47 Å². The number of aliphatic hydroxyl groups is 1. The first kappa shape index (κ1) is 13.1. The molecule has 1 aliphatic heterocycles. The maximum absolute atomic E-state index is 9.63. The number of methoxy groups -OCH3 is 1. The number of hydrogen-bond donors (Lipinski definition) is 1. The van der Waals surface area contributed by atoms with Crippen LogP contribution in [0.3, 0.4) is 0 Å². The third-order valence-electron chi connectivity index (χ3n) is 2.52. The second-order valence-electron chi connectivity index (χ2n) is 4.13. The van der Waals surface area contributed by atoms with Gasteiger partial charge in [0.25, 0.3) is 0 Å². The summed E-state index contributed by atoms with van der Waals surface area (Å²) in [5, 5.41) is 9.63. The van der Waals surface area contributed by atoms with Crippen molar-refractivity contribution in [3.63, 3.8) is 0 Å². The van der Waals surface area contributed by atoms with Crippen LogP contribution in [0.4, 0.5) is 0 Å². The molecule has 2 unspecified atom stereocenters. The fraction of sp³-hybridized carbons (Fsp3) is 0.538. The fourth-order valence-electron chi connectivity index (χ4n) is 1.41. The van der Waals surface area contributed by atoms with E-state index in [0.29, 0.717) is 12.4 Å². The minimum Gasteiger partial charge on any atom is -0.497 e. The zero-order valence-electron chi connectivity index (χ0n) is 10.4. The zero-order chi connectivity index (χ0) is 12.8. The van der Waals surface area contributed by atoms with Crippen molar-refractivity contribution in [3.8, 4) is 11.5 Å². The summed E-state index contributed by atoms with van der Waals surface area (Å²) in [6.07, 6.45) is -0.412. The van der Waals surface area contributed by atoms with E-state index in [9.17, 15) is 5.11 Å². The van der Waals surface area contributed by atoms with E-state index in [4.69, 9.17) is 18.9 Å². The standard InChI is InChI=1S/C13H18O5/c1-15-11-2-4-12(5-3-11)17-7-10(14)6-16-8-13-9-18-13/h2-5,10,13-14H,6-9H2,1H3. The van der Waals surface area contributed by atoms with Crippen molar-refractivity contribution in [1.82, 2.24) is 0 Å². The molecule has 1 aromatic rings. The van der Waals surface area contributed by atoms with Gasteiger partial charge in [-0.25, -0.2) is 0 Å². The lowest BCUT2D eigenvalue weighted by Crippen LogP contribution is -2.24. The number of rotatable bonds is 8. The van der Waals surface area contributed by atoms with Gasteiger partial charge in [0.15, 0.2) is 0 Å². The number of epoxide rings is 1. The third kappa shape index (κ3) is 4.52. The van der Waals surface area contributed by atoms with Gasteiger partial charge < -0.3 is 24.1 Å². The highest BCUT2D eigenvalue weighted by Gasteiger charge is 2.22. The molecule has 0 aromatic heterocycles. The average Bonchev–Trinajstić information content (AvgIpc) is 3.21. The van der Waals surface area contributed by atoms with Crippen LogP contribution in [0.2, 0.25) is 0 Å². The Morgan fingerprint density at radius 1 is 1.28 bits per heavy atom. The van der Waals surface area contributed by atoms with Gasteiger partial charge in [-0.15, -0.1) is 0 Å². The van der Waals surface area contributed by atoms with Gasteiger partial charge in [0, 0.05) is 0 Å². The molecule has 0 bridgehead atoms. The van der Waals surface area contributed by atoms with Crippen LogP contribution in [0.1, 0.15) is 0 Å². The van der Waals surface area contributed by atoms with E-state index in [2.05, 4.69) is 0 Å². The Bertz CT molecular complexity index is 347. The van der Waals surface area contributed by atoms with E-state index in [0.717, 1.165) is 12.4 Å². The van der Waals surface area contributed by atoms with Crippen molar-refractivity contribution in [2.75, 3.05) is 33.5 Å². The first-order valence-electron chi connectivity index (χ1n) is 5.92. The zero-order valence-corrected chi connectivity index (χ0v) is 10.4. The minimum atomic E-state index is -0.633. The summed E-state index contributed by atoms with van der Waals surface area (Å²) in [5.41, 5.74) is 0. The van der Waals surface area contributed by atoms with E-state index in [1.807, 2.05) is 12.1 Å². The second kappa shape index (κ2) is 6.58. The molecule has 100 valence electrons. The summed E-state index contributed by atoms with van der Waals surface area (Å²) in [4.78, 5) is 0. The summed E-state index contributed by atoms with van der Waals surface area (Å²) in [6.45, 7) is 1.77. The van der Waals surface area contributed by atoms with E-state index >= 15 is 0 Å². The molecule has 1 aromatic carbocycles. The highest BCUT2D eigenvalue weighted by Crippen LogP contribution is 2.17. The van der Waals surface area contributed by atoms with Gasteiger partial charge in [-0.05, 0) is 24.3 Å². The van der Waals surface area contributed by atoms with Crippen LogP contribution in [-0.2, 0) is 9.47 Å². The lowest BCUT2D eigenvalue weighted by atomic mass is 10.3. The van der Waals surface area contributed by atoms with E-state index in [1.165, 1.54) is 0 Å². The predicted octanol–water partition coefficient (Wildman–Crippen LogP) is 0.850. The van der Waals surface area contributed by atoms with Crippen LogP contribution in [0, 0.1) is 0 Å². The second-order valence-corrected chi connectivity index (χ2v) is 4.13. The molecule has 0 amide bonds. The molecular weight excluding hydrogens is 236 g/mol. The van der Waals surface area contributed by atoms with Gasteiger partial charge in [0.05, 0.1) is 26.9 Å². The van der Waals surface area contributed by atoms with Crippen molar-refractivity contribution >= 4 is 0 Å². The molecule has 0 spiro atoms. The van der Waals surface area contributed by atoms with Crippen LogP contribution in [0.15, 0.2) is 24.3 Å². The van der Waals surface area contributed by atoms with Gasteiger partial charge in [-0.3, -0.25) is 0 Å². The average molecular weight is 254 g/mol. The Hall–Kier alpha value is -1.30. The van der Waals surface area contributed by atoms with Crippen molar-refractivity contribution in [2.45, 2.75) is 12.2 Å². The summed E-state index contributed by atoms with van der Waals surface area (Å²) < 4.78 is 20.7. The third-order valence-corrected chi connectivity index (χ3v) is 2.52. The predicted molar refractivity (Wildman–Crippen MR) is 65.1 cm³/mol. The molecule has 0 saturated carbocycles. The Kier molecular flexibility index (Phi) is 4.81. The lowest BCUT2D eigenvalue weighted by molar-refractivity contribution is 0.00760. The molecule has 2 atom stereocenters. The molecule has 0 radical (unpaired) electrons. The molecule has 0 aliphatic carbocycles. The fourth-order valence-corrected chi connectivity index (χ4v) is 1.41. The highest BCUT2D eigenvalue weighted by molar-refractivity contribution is 5.31. The van der Waals surface area contributed by atoms with Gasteiger partial charge in [0.2, 0.25) is 0 Å². The normalized spacial score (nSPS) is 19.3. The van der Waals surface area contributed by atoms with E-state index in [1.54, 1.807) is 19.2 Å². The summed E-state index contributed by atoms with van der Waals surface area (Å²) in [7, 11) is 1.61. The molecule has 5 heteroatoms. The molecule has 5 nitrogen and oxygen atoms in total. The molecule has 1 fully saturated rings. The monoisotopic (exact) mass is 254 g/mol. The Morgan fingerprint density at radius 2 is 1.94 bits per heavy atom. The van der Waals surface area contributed by atoms with Crippen molar-refractivity contribution in [2.24, 2.45) is 0 Å². The number of ether oxygens (including phenoxy) is 4. The number of benzene rings is 1. The minimum absolute atomic E-state index is 0.206.